The highest BCUT2D eigenvalue weighted by molar-refractivity contribution is 7.99. The van der Waals surface area contributed by atoms with Crippen LogP contribution < -0.4 is 5.32 Å². The summed E-state index contributed by atoms with van der Waals surface area (Å²) in [6, 6.07) is 1.54. The summed E-state index contributed by atoms with van der Waals surface area (Å²) in [5.41, 5.74) is 0. The molecule has 0 aliphatic carbocycles. The number of carbonyl (C=O) groups is 1. The van der Waals surface area contributed by atoms with Crippen molar-refractivity contribution in [1.29, 1.82) is 0 Å². The minimum atomic E-state index is -0.287. The van der Waals surface area contributed by atoms with Crippen molar-refractivity contribution in [2.45, 2.75) is 31.3 Å². The Hall–Kier alpha value is -1.14. The van der Waals surface area contributed by atoms with E-state index in [1.807, 2.05) is 13.0 Å². The SMILES string of the molecule is CCCNC(CSc1ccncn1)C(=O)OCC. The lowest BCUT2D eigenvalue weighted by Crippen LogP contribution is -2.40. The molecule has 100 valence electrons. The van der Waals surface area contributed by atoms with Gasteiger partial charge in [-0.1, -0.05) is 6.92 Å². The molecule has 1 heterocycles. The molecule has 1 N–H and O–H groups in total. The Kier molecular flexibility index (Phi) is 7.36. The molecule has 0 saturated heterocycles. The Morgan fingerprint density at radius 3 is 3.00 bits per heavy atom. The summed E-state index contributed by atoms with van der Waals surface area (Å²) >= 11 is 1.52. The van der Waals surface area contributed by atoms with Crippen LogP contribution in [0, 0.1) is 0 Å². The van der Waals surface area contributed by atoms with E-state index in [-0.39, 0.29) is 12.0 Å². The Morgan fingerprint density at radius 1 is 1.56 bits per heavy atom. The summed E-state index contributed by atoms with van der Waals surface area (Å²) in [6.45, 7) is 5.08. The summed E-state index contributed by atoms with van der Waals surface area (Å²) in [5, 5.41) is 4.04. The van der Waals surface area contributed by atoms with E-state index in [4.69, 9.17) is 4.74 Å². The summed E-state index contributed by atoms with van der Waals surface area (Å²) < 4.78 is 5.04. The van der Waals surface area contributed by atoms with Gasteiger partial charge in [0.15, 0.2) is 0 Å². The highest BCUT2D eigenvalue weighted by atomic mass is 32.2. The summed E-state index contributed by atoms with van der Waals surface area (Å²) in [5.74, 6) is 0.406. The number of carbonyl (C=O) groups excluding carboxylic acids is 1. The first-order valence-electron chi connectivity index (χ1n) is 6.06. The van der Waals surface area contributed by atoms with E-state index in [0.29, 0.717) is 12.4 Å². The lowest BCUT2D eigenvalue weighted by Gasteiger charge is -2.16. The van der Waals surface area contributed by atoms with Crippen molar-refractivity contribution in [3.63, 3.8) is 0 Å². The van der Waals surface area contributed by atoms with Gasteiger partial charge in [-0.25, -0.2) is 9.97 Å². The quantitative estimate of drug-likeness (QED) is 0.438. The van der Waals surface area contributed by atoms with Gasteiger partial charge < -0.3 is 10.1 Å². The largest absolute Gasteiger partial charge is 0.465 e. The van der Waals surface area contributed by atoms with Crippen molar-refractivity contribution in [2.75, 3.05) is 18.9 Å². The van der Waals surface area contributed by atoms with E-state index in [1.165, 1.54) is 18.1 Å². The van der Waals surface area contributed by atoms with E-state index >= 15 is 0 Å². The highest BCUT2D eigenvalue weighted by Gasteiger charge is 2.19. The predicted molar refractivity (Wildman–Crippen MR) is 71.5 cm³/mol. The van der Waals surface area contributed by atoms with Crippen LogP contribution in [0.2, 0.25) is 0 Å². The van der Waals surface area contributed by atoms with Crippen molar-refractivity contribution in [3.8, 4) is 0 Å². The van der Waals surface area contributed by atoms with Gasteiger partial charge >= 0.3 is 5.97 Å². The third-order valence-electron chi connectivity index (χ3n) is 2.16. The summed E-state index contributed by atoms with van der Waals surface area (Å²) in [6.07, 6.45) is 4.17. The van der Waals surface area contributed by atoms with Crippen molar-refractivity contribution in [1.82, 2.24) is 15.3 Å². The topological polar surface area (TPSA) is 64.1 Å². The van der Waals surface area contributed by atoms with Crippen molar-refractivity contribution >= 4 is 17.7 Å². The van der Waals surface area contributed by atoms with E-state index in [9.17, 15) is 4.79 Å². The van der Waals surface area contributed by atoms with Gasteiger partial charge in [0, 0.05) is 11.9 Å². The number of hydrogen-bond acceptors (Lipinski definition) is 6. The molecule has 0 saturated carbocycles. The highest BCUT2D eigenvalue weighted by Crippen LogP contribution is 2.15. The van der Waals surface area contributed by atoms with E-state index in [2.05, 4.69) is 22.2 Å². The molecule has 18 heavy (non-hydrogen) atoms. The van der Waals surface area contributed by atoms with Gasteiger partial charge in [-0.2, -0.15) is 0 Å². The molecule has 5 nitrogen and oxygen atoms in total. The fraction of sp³-hybridized carbons (Fsp3) is 0.583. The third kappa shape index (κ3) is 5.46. The van der Waals surface area contributed by atoms with Crippen LogP contribution in [0.5, 0.6) is 0 Å². The van der Waals surface area contributed by atoms with Gasteiger partial charge in [0.2, 0.25) is 0 Å². The molecule has 0 spiro atoms. The number of aromatic nitrogens is 2. The smallest absolute Gasteiger partial charge is 0.323 e. The molecule has 0 amide bonds. The average Bonchev–Trinajstić information content (AvgIpc) is 2.40. The standard InChI is InChI=1S/C12H19N3O2S/c1-3-6-14-10(12(16)17-4-2)8-18-11-5-7-13-9-15-11/h5,7,9-10,14H,3-4,6,8H2,1-2H3. The van der Waals surface area contributed by atoms with Crippen molar-refractivity contribution in [2.24, 2.45) is 0 Å². The van der Waals surface area contributed by atoms with Crippen LogP contribution in [0.3, 0.4) is 0 Å². The number of nitrogens with zero attached hydrogens (tertiary/aromatic N) is 2. The number of esters is 1. The Labute approximate surface area is 112 Å². The molecular weight excluding hydrogens is 250 g/mol. The van der Waals surface area contributed by atoms with Gasteiger partial charge in [-0.15, -0.1) is 11.8 Å². The molecule has 0 radical (unpaired) electrons. The molecule has 0 aromatic carbocycles. The van der Waals surface area contributed by atoms with Crippen LogP contribution in [0.25, 0.3) is 0 Å². The molecular formula is C12H19N3O2S. The Morgan fingerprint density at radius 2 is 2.39 bits per heavy atom. The number of thioether (sulfide) groups is 1. The zero-order chi connectivity index (χ0) is 13.2. The predicted octanol–water partition coefficient (Wildman–Crippen LogP) is 1.50. The van der Waals surface area contributed by atoms with Crippen molar-refractivity contribution in [3.05, 3.63) is 18.6 Å². The lowest BCUT2D eigenvalue weighted by atomic mass is 10.3. The monoisotopic (exact) mass is 269 g/mol. The first-order chi connectivity index (χ1) is 8.77. The fourth-order valence-electron chi connectivity index (χ4n) is 1.30. The summed E-state index contributed by atoms with van der Waals surface area (Å²) in [4.78, 5) is 19.7. The molecule has 6 heteroatoms. The number of nitrogens with one attached hydrogen (secondary N) is 1. The molecule has 1 aromatic heterocycles. The van der Waals surface area contributed by atoms with Gasteiger partial charge in [-0.05, 0) is 26.0 Å². The van der Waals surface area contributed by atoms with Crippen molar-refractivity contribution < 1.29 is 9.53 Å². The van der Waals surface area contributed by atoms with Crippen LogP contribution in [0.15, 0.2) is 23.6 Å². The molecule has 0 fully saturated rings. The molecule has 1 rings (SSSR count). The number of hydrogen-bond donors (Lipinski definition) is 1. The maximum absolute atomic E-state index is 11.7. The first-order valence-corrected chi connectivity index (χ1v) is 7.05. The molecule has 0 aliphatic rings. The van der Waals surface area contributed by atoms with E-state index < -0.39 is 0 Å². The summed E-state index contributed by atoms with van der Waals surface area (Å²) in [7, 11) is 0. The molecule has 0 bridgehead atoms. The third-order valence-corrected chi connectivity index (χ3v) is 3.20. The minimum Gasteiger partial charge on any atom is -0.465 e. The minimum absolute atomic E-state index is 0.201. The second kappa shape index (κ2) is 8.88. The zero-order valence-electron chi connectivity index (χ0n) is 10.8. The fourth-order valence-corrected chi connectivity index (χ4v) is 2.17. The first kappa shape index (κ1) is 14.9. The second-order valence-corrected chi connectivity index (χ2v) is 4.66. The van der Waals surface area contributed by atoms with Gasteiger partial charge in [0.1, 0.15) is 12.4 Å². The van der Waals surface area contributed by atoms with Gasteiger partial charge in [0.05, 0.1) is 11.6 Å². The van der Waals surface area contributed by atoms with Crippen LogP contribution >= 0.6 is 11.8 Å². The number of rotatable bonds is 8. The normalized spacial score (nSPS) is 12.1. The lowest BCUT2D eigenvalue weighted by molar-refractivity contribution is -0.144. The molecule has 1 atom stereocenters. The van der Waals surface area contributed by atoms with Crippen LogP contribution in [0.1, 0.15) is 20.3 Å². The van der Waals surface area contributed by atoms with Crippen LogP contribution in [-0.4, -0.2) is 40.9 Å². The average molecular weight is 269 g/mol. The van der Waals surface area contributed by atoms with E-state index in [1.54, 1.807) is 6.20 Å². The van der Waals surface area contributed by atoms with Crippen LogP contribution in [-0.2, 0) is 9.53 Å². The maximum Gasteiger partial charge on any atom is 0.323 e. The number of ether oxygens (including phenoxy) is 1. The van der Waals surface area contributed by atoms with Crippen LogP contribution in [0.4, 0.5) is 0 Å². The Balaban J connectivity index is 2.47. The van der Waals surface area contributed by atoms with E-state index in [0.717, 1.165) is 18.0 Å². The molecule has 1 aromatic rings. The molecule has 1 unspecified atom stereocenters. The molecule has 0 aliphatic heterocycles. The second-order valence-electron chi connectivity index (χ2n) is 3.62. The van der Waals surface area contributed by atoms with Gasteiger partial charge in [-0.3, -0.25) is 4.79 Å². The Bertz CT molecular complexity index is 348. The van der Waals surface area contributed by atoms with Gasteiger partial charge in [0.25, 0.3) is 0 Å². The zero-order valence-corrected chi connectivity index (χ0v) is 11.6. The maximum atomic E-state index is 11.7.